The van der Waals surface area contributed by atoms with Crippen LogP contribution in [0.1, 0.15) is 70.1 Å². The molecule has 27 heavy (non-hydrogen) atoms. The molecule has 1 heterocycles. The van der Waals surface area contributed by atoms with Crippen LogP contribution in [0.2, 0.25) is 0 Å². The van der Waals surface area contributed by atoms with E-state index < -0.39 is 0 Å². The standard InChI is InChI=1S/C21H33BN2O3/c1-14-11-16(22-26-20(3,4)21(5,6)27-22)12-15(2)18(14)13-23-19(25)24-17-9-7-8-10-17/h11-12,17H,7-10,13H2,1-6H3,(H2,23,24,25). The van der Waals surface area contributed by atoms with Crippen molar-refractivity contribution in [2.24, 2.45) is 0 Å². The molecule has 2 amide bonds. The van der Waals surface area contributed by atoms with Gasteiger partial charge in [-0.15, -0.1) is 0 Å². The quantitative estimate of drug-likeness (QED) is 0.797. The first kappa shape index (κ1) is 20.2. The normalized spacial score (nSPS) is 21.5. The molecule has 0 unspecified atom stereocenters. The largest absolute Gasteiger partial charge is 0.494 e. The number of nitrogens with one attached hydrogen (secondary N) is 2. The molecule has 2 N–H and O–H groups in total. The van der Waals surface area contributed by atoms with Gasteiger partial charge in [-0.3, -0.25) is 0 Å². The van der Waals surface area contributed by atoms with Crippen LogP contribution < -0.4 is 16.1 Å². The van der Waals surface area contributed by atoms with Crippen LogP contribution >= 0.6 is 0 Å². The number of carbonyl (C=O) groups is 1. The molecular weight excluding hydrogens is 339 g/mol. The Labute approximate surface area is 163 Å². The molecule has 1 aliphatic carbocycles. The second-order valence-electron chi connectivity index (χ2n) is 9.03. The Hall–Kier alpha value is -1.53. The molecule has 1 saturated carbocycles. The highest BCUT2D eigenvalue weighted by atomic mass is 16.7. The molecule has 2 fully saturated rings. The Kier molecular flexibility index (Phi) is 5.60. The van der Waals surface area contributed by atoms with Crippen molar-refractivity contribution in [1.29, 1.82) is 0 Å². The molecule has 148 valence electrons. The number of urea groups is 1. The highest BCUT2D eigenvalue weighted by molar-refractivity contribution is 6.62. The average molecular weight is 372 g/mol. The lowest BCUT2D eigenvalue weighted by atomic mass is 9.76. The number of hydrogen-bond donors (Lipinski definition) is 2. The van der Waals surface area contributed by atoms with Crippen LogP contribution in [0.15, 0.2) is 12.1 Å². The topological polar surface area (TPSA) is 59.6 Å². The van der Waals surface area contributed by atoms with E-state index in [4.69, 9.17) is 9.31 Å². The van der Waals surface area contributed by atoms with E-state index in [1.807, 2.05) is 0 Å². The minimum absolute atomic E-state index is 0.0734. The molecule has 0 spiro atoms. The Morgan fingerprint density at radius 1 is 1.07 bits per heavy atom. The number of amides is 2. The fourth-order valence-corrected chi connectivity index (χ4v) is 3.90. The van der Waals surface area contributed by atoms with Gasteiger partial charge < -0.3 is 19.9 Å². The van der Waals surface area contributed by atoms with E-state index in [0.29, 0.717) is 12.6 Å². The van der Waals surface area contributed by atoms with Gasteiger partial charge >= 0.3 is 13.1 Å². The number of rotatable bonds is 4. The number of aryl methyl sites for hydroxylation is 2. The second kappa shape index (κ2) is 7.48. The van der Waals surface area contributed by atoms with Crippen molar-refractivity contribution in [1.82, 2.24) is 10.6 Å². The number of benzene rings is 1. The van der Waals surface area contributed by atoms with Gasteiger partial charge in [-0.2, -0.15) is 0 Å². The van der Waals surface area contributed by atoms with Crippen molar-refractivity contribution in [3.8, 4) is 0 Å². The predicted octanol–water partition coefficient (Wildman–Crippen LogP) is 3.34. The lowest BCUT2D eigenvalue weighted by molar-refractivity contribution is 0.00578. The molecule has 6 heteroatoms. The minimum Gasteiger partial charge on any atom is -0.399 e. The summed E-state index contributed by atoms with van der Waals surface area (Å²) in [4.78, 5) is 12.2. The lowest BCUT2D eigenvalue weighted by Gasteiger charge is -2.32. The van der Waals surface area contributed by atoms with Gasteiger partial charge in [0.2, 0.25) is 0 Å². The fourth-order valence-electron chi connectivity index (χ4n) is 3.90. The summed E-state index contributed by atoms with van der Waals surface area (Å²) in [6, 6.07) is 4.48. The highest BCUT2D eigenvalue weighted by Gasteiger charge is 2.51. The smallest absolute Gasteiger partial charge is 0.399 e. The number of hydrogen-bond acceptors (Lipinski definition) is 3. The van der Waals surface area contributed by atoms with E-state index in [1.165, 1.54) is 12.8 Å². The van der Waals surface area contributed by atoms with Crippen LogP contribution in [0.5, 0.6) is 0 Å². The van der Waals surface area contributed by atoms with Crippen LogP contribution in [0, 0.1) is 13.8 Å². The summed E-state index contributed by atoms with van der Waals surface area (Å²) in [6.45, 7) is 12.9. The maximum absolute atomic E-state index is 12.2. The average Bonchev–Trinajstić information content (AvgIpc) is 3.12. The van der Waals surface area contributed by atoms with Crippen molar-refractivity contribution in [2.75, 3.05) is 0 Å². The Morgan fingerprint density at radius 2 is 1.59 bits per heavy atom. The van der Waals surface area contributed by atoms with Crippen LogP contribution in [0.3, 0.4) is 0 Å². The molecular formula is C21H33BN2O3. The van der Waals surface area contributed by atoms with Gasteiger partial charge in [-0.1, -0.05) is 25.0 Å². The molecule has 0 atom stereocenters. The third-order valence-corrected chi connectivity index (χ3v) is 6.36. The van der Waals surface area contributed by atoms with E-state index in [0.717, 1.165) is 35.0 Å². The molecule has 1 saturated heterocycles. The number of carbonyl (C=O) groups excluding carboxylic acids is 1. The lowest BCUT2D eigenvalue weighted by Crippen LogP contribution is -2.41. The molecule has 0 aromatic heterocycles. The Bertz CT molecular complexity index is 672. The molecule has 0 radical (unpaired) electrons. The van der Waals surface area contributed by atoms with Gasteiger partial charge in [0.25, 0.3) is 0 Å². The summed E-state index contributed by atoms with van der Waals surface area (Å²) in [5.74, 6) is 0. The van der Waals surface area contributed by atoms with Crippen LogP contribution in [-0.4, -0.2) is 30.4 Å². The Balaban J connectivity index is 1.66. The van der Waals surface area contributed by atoms with Crippen molar-refractivity contribution < 1.29 is 14.1 Å². The van der Waals surface area contributed by atoms with Crippen molar-refractivity contribution >= 4 is 18.6 Å². The van der Waals surface area contributed by atoms with Gasteiger partial charge in [-0.25, -0.2) is 4.79 Å². The summed E-state index contributed by atoms with van der Waals surface area (Å²) in [7, 11) is -0.361. The molecule has 5 nitrogen and oxygen atoms in total. The molecule has 3 rings (SSSR count). The van der Waals surface area contributed by atoms with Crippen molar-refractivity contribution in [2.45, 2.75) is 91.0 Å². The summed E-state index contributed by atoms with van der Waals surface area (Å²) in [5, 5.41) is 6.08. The zero-order chi connectivity index (χ0) is 19.8. The molecule has 1 aromatic rings. The van der Waals surface area contributed by atoms with Crippen molar-refractivity contribution in [3.63, 3.8) is 0 Å². The van der Waals surface area contributed by atoms with Crippen molar-refractivity contribution in [3.05, 3.63) is 28.8 Å². The first-order valence-corrected chi connectivity index (χ1v) is 10.1. The van der Waals surface area contributed by atoms with E-state index >= 15 is 0 Å². The van der Waals surface area contributed by atoms with E-state index in [1.54, 1.807) is 0 Å². The summed E-state index contributed by atoms with van der Waals surface area (Å²) in [5.41, 5.74) is 3.76. The van der Waals surface area contributed by atoms with Crippen LogP contribution in [-0.2, 0) is 15.9 Å². The zero-order valence-corrected chi connectivity index (χ0v) is 17.6. The fraction of sp³-hybridized carbons (Fsp3) is 0.667. The van der Waals surface area contributed by atoms with Gasteiger partial charge in [-0.05, 0) is 76.5 Å². The third kappa shape index (κ3) is 4.32. The first-order chi connectivity index (χ1) is 12.6. The maximum atomic E-state index is 12.2. The van der Waals surface area contributed by atoms with Gasteiger partial charge in [0.1, 0.15) is 0 Å². The SMILES string of the molecule is Cc1cc(B2OC(C)(C)C(C)(C)O2)cc(C)c1CNC(=O)NC1CCCC1. The molecule has 1 aliphatic heterocycles. The molecule has 0 bridgehead atoms. The van der Waals surface area contributed by atoms with Crippen LogP contribution in [0.4, 0.5) is 4.79 Å². The molecule has 1 aromatic carbocycles. The summed E-state index contributed by atoms with van der Waals surface area (Å²) >= 11 is 0. The van der Waals surface area contributed by atoms with Crippen LogP contribution in [0.25, 0.3) is 0 Å². The Morgan fingerprint density at radius 3 is 2.11 bits per heavy atom. The van der Waals surface area contributed by atoms with Gasteiger partial charge in [0.15, 0.2) is 0 Å². The predicted molar refractivity (Wildman–Crippen MR) is 109 cm³/mol. The summed E-state index contributed by atoms with van der Waals surface area (Å²) in [6.07, 6.45) is 4.61. The van der Waals surface area contributed by atoms with E-state index in [9.17, 15) is 4.79 Å². The monoisotopic (exact) mass is 372 g/mol. The molecule has 2 aliphatic rings. The highest BCUT2D eigenvalue weighted by Crippen LogP contribution is 2.36. The maximum Gasteiger partial charge on any atom is 0.494 e. The third-order valence-electron chi connectivity index (χ3n) is 6.36. The first-order valence-electron chi connectivity index (χ1n) is 10.1. The minimum atomic E-state index is -0.361. The zero-order valence-electron chi connectivity index (χ0n) is 17.6. The van der Waals surface area contributed by atoms with Gasteiger partial charge in [0, 0.05) is 12.6 Å². The van der Waals surface area contributed by atoms with E-state index in [-0.39, 0.29) is 24.4 Å². The van der Waals surface area contributed by atoms with Gasteiger partial charge in [0.05, 0.1) is 11.2 Å². The summed E-state index contributed by atoms with van der Waals surface area (Å²) < 4.78 is 12.3. The van der Waals surface area contributed by atoms with E-state index in [2.05, 4.69) is 64.3 Å². The second-order valence-corrected chi connectivity index (χ2v) is 9.03.